The van der Waals surface area contributed by atoms with E-state index in [-0.39, 0.29) is 22.9 Å². The van der Waals surface area contributed by atoms with Crippen LogP contribution in [-0.2, 0) is 23.3 Å². The van der Waals surface area contributed by atoms with Gasteiger partial charge in [0.25, 0.3) is 5.91 Å². The minimum absolute atomic E-state index is 0.121. The molecule has 2 heterocycles. The lowest BCUT2D eigenvalue weighted by molar-refractivity contribution is 0.0781. The summed E-state index contributed by atoms with van der Waals surface area (Å²) >= 11 is 0. The number of methoxy groups -OCH3 is 1. The third kappa shape index (κ3) is 9.55. The smallest absolute Gasteiger partial charge is 0.251 e. The molecule has 1 aromatic heterocycles. The molecule has 1 saturated carbocycles. The summed E-state index contributed by atoms with van der Waals surface area (Å²) in [5, 5.41) is 26.1. The number of nitrogens with one attached hydrogen (secondary N) is 3. The van der Waals surface area contributed by atoms with Crippen molar-refractivity contribution in [1.82, 2.24) is 15.8 Å². The molecule has 1 aliphatic heterocycles. The van der Waals surface area contributed by atoms with Crippen molar-refractivity contribution in [2.75, 3.05) is 25.5 Å². The van der Waals surface area contributed by atoms with E-state index in [4.69, 9.17) is 9.26 Å². The van der Waals surface area contributed by atoms with Gasteiger partial charge in [0.05, 0.1) is 24.3 Å². The number of amides is 1. The maximum absolute atomic E-state index is 13.6. The fourth-order valence-electron chi connectivity index (χ4n) is 5.91. The summed E-state index contributed by atoms with van der Waals surface area (Å²) in [6.07, 6.45) is 9.76. The van der Waals surface area contributed by atoms with Crippen LogP contribution in [0.5, 0.6) is 0 Å². The van der Waals surface area contributed by atoms with Gasteiger partial charge in [0.1, 0.15) is 11.5 Å². The zero-order valence-electron chi connectivity index (χ0n) is 25.9. The number of hydrogen-bond donors (Lipinski definition) is 4. The van der Waals surface area contributed by atoms with Gasteiger partial charge < -0.3 is 30.3 Å². The third-order valence-corrected chi connectivity index (χ3v) is 8.36. The number of ether oxygens (including phenoxy) is 1. The summed E-state index contributed by atoms with van der Waals surface area (Å²) < 4.78 is 11.0. The van der Waals surface area contributed by atoms with Crippen LogP contribution in [0.4, 0.5) is 5.69 Å². The Balaban J connectivity index is 1.47. The molecule has 2 aliphatic rings. The molecule has 0 saturated heterocycles. The normalized spacial score (nSPS) is 22.9. The predicted molar refractivity (Wildman–Crippen MR) is 163 cm³/mol. The predicted octanol–water partition coefficient (Wildman–Crippen LogP) is 5.94. The third-order valence-electron chi connectivity index (χ3n) is 8.36. The summed E-state index contributed by atoms with van der Waals surface area (Å²) in [4.78, 5) is 13.6. The van der Waals surface area contributed by atoms with Crippen LogP contribution in [0.1, 0.15) is 113 Å². The van der Waals surface area contributed by atoms with Crippen molar-refractivity contribution < 1.29 is 19.2 Å². The maximum Gasteiger partial charge on any atom is 0.251 e. The molecule has 0 radical (unpaired) electrons. The zero-order chi connectivity index (χ0) is 29.5. The van der Waals surface area contributed by atoms with E-state index < -0.39 is 6.10 Å². The Hall–Kier alpha value is -2.42. The van der Waals surface area contributed by atoms with Gasteiger partial charge in [0.2, 0.25) is 0 Å². The first-order valence-corrected chi connectivity index (χ1v) is 15.6. The van der Waals surface area contributed by atoms with Gasteiger partial charge in [0.15, 0.2) is 0 Å². The molecular formula is C33H52N4O4. The molecule has 4 rings (SSSR count). The van der Waals surface area contributed by atoms with Crippen molar-refractivity contribution >= 4 is 11.6 Å². The number of fused-ring (bicyclic) bond motifs is 2. The van der Waals surface area contributed by atoms with Gasteiger partial charge >= 0.3 is 0 Å². The van der Waals surface area contributed by atoms with E-state index in [1.165, 1.54) is 25.7 Å². The van der Waals surface area contributed by atoms with Crippen molar-refractivity contribution in [3.05, 3.63) is 46.8 Å². The monoisotopic (exact) mass is 568 g/mol. The van der Waals surface area contributed by atoms with Crippen LogP contribution in [0, 0.1) is 11.3 Å². The Labute approximate surface area is 246 Å². The van der Waals surface area contributed by atoms with Crippen molar-refractivity contribution in [2.24, 2.45) is 11.3 Å². The quantitative estimate of drug-likeness (QED) is 0.312. The van der Waals surface area contributed by atoms with Crippen LogP contribution in [0.2, 0.25) is 0 Å². The lowest BCUT2D eigenvalue weighted by atomic mass is 9.91. The first kappa shape index (κ1) is 31.5. The molecule has 2 bridgehead atoms. The Bertz CT molecular complexity index is 1120. The number of aliphatic hydroxyl groups excluding tert-OH is 1. The molecule has 2 aromatic rings. The summed E-state index contributed by atoms with van der Waals surface area (Å²) in [5.74, 6) is 1.12. The van der Waals surface area contributed by atoms with Crippen molar-refractivity contribution in [2.45, 2.75) is 116 Å². The SMILES string of the molecule is COCc1cc2cc(c1)C(=O)N[C@H]([C@H](O)CNC1(c3cc(CC(C)(C)C)on3)CC1)C[C@H](C)CCCCCCCN2. The van der Waals surface area contributed by atoms with Crippen molar-refractivity contribution in [3.63, 3.8) is 0 Å². The zero-order valence-corrected chi connectivity index (χ0v) is 25.9. The Kier molecular flexibility index (Phi) is 10.9. The molecule has 1 fully saturated rings. The van der Waals surface area contributed by atoms with Crippen LogP contribution in [-0.4, -0.2) is 48.5 Å². The molecule has 41 heavy (non-hydrogen) atoms. The van der Waals surface area contributed by atoms with E-state index in [0.717, 1.165) is 67.8 Å². The van der Waals surface area contributed by atoms with E-state index in [2.05, 4.69) is 54.9 Å². The van der Waals surface area contributed by atoms with Crippen LogP contribution >= 0.6 is 0 Å². The molecule has 4 N–H and O–H groups in total. The van der Waals surface area contributed by atoms with Crippen LogP contribution < -0.4 is 16.0 Å². The van der Waals surface area contributed by atoms with Gasteiger partial charge in [-0.3, -0.25) is 4.79 Å². The lowest BCUT2D eigenvalue weighted by Gasteiger charge is -2.29. The van der Waals surface area contributed by atoms with Crippen LogP contribution in [0.3, 0.4) is 0 Å². The fourth-order valence-corrected chi connectivity index (χ4v) is 5.91. The molecule has 8 heteroatoms. The summed E-state index contributed by atoms with van der Waals surface area (Å²) in [5.41, 5.74) is 3.23. The van der Waals surface area contributed by atoms with Gasteiger partial charge in [-0.2, -0.15) is 0 Å². The van der Waals surface area contributed by atoms with E-state index in [1.807, 2.05) is 18.2 Å². The number of carbonyl (C=O) groups excluding carboxylic acids is 1. The molecule has 1 aromatic carbocycles. The molecule has 0 spiro atoms. The lowest BCUT2D eigenvalue weighted by Crippen LogP contribution is -2.49. The second kappa shape index (κ2) is 14.2. The van der Waals surface area contributed by atoms with Crippen LogP contribution in [0.25, 0.3) is 0 Å². The molecule has 0 unspecified atom stereocenters. The van der Waals surface area contributed by atoms with E-state index in [0.29, 0.717) is 24.6 Å². The maximum atomic E-state index is 13.6. The average Bonchev–Trinajstić information content (AvgIpc) is 3.57. The number of aromatic nitrogens is 1. The number of anilines is 1. The molecule has 228 valence electrons. The Morgan fingerprint density at radius 2 is 1.90 bits per heavy atom. The number of aliphatic hydroxyl groups is 1. The number of hydrogen-bond acceptors (Lipinski definition) is 7. The fraction of sp³-hybridized carbons (Fsp3) is 0.697. The van der Waals surface area contributed by atoms with E-state index in [1.54, 1.807) is 7.11 Å². The highest BCUT2D eigenvalue weighted by Gasteiger charge is 2.47. The largest absolute Gasteiger partial charge is 0.390 e. The topological polar surface area (TPSA) is 109 Å². The van der Waals surface area contributed by atoms with Crippen molar-refractivity contribution in [1.29, 1.82) is 0 Å². The summed E-state index contributed by atoms with van der Waals surface area (Å²) in [7, 11) is 1.66. The first-order valence-electron chi connectivity index (χ1n) is 15.6. The molecule has 1 aliphatic carbocycles. The van der Waals surface area contributed by atoms with Crippen molar-refractivity contribution in [3.8, 4) is 0 Å². The number of carbonyl (C=O) groups is 1. The minimum Gasteiger partial charge on any atom is -0.390 e. The number of nitrogens with zero attached hydrogens (tertiary/aromatic N) is 1. The molecule has 8 nitrogen and oxygen atoms in total. The van der Waals surface area contributed by atoms with Gasteiger partial charge in [-0.1, -0.05) is 65.0 Å². The van der Waals surface area contributed by atoms with E-state index >= 15 is 0 Å². The summed E-state index contributed by atoms with van der Waals surface area (Å²) in [6.45, 7) is 10.5. The van der Waals surface area contributed by atoms with Gasteiger partial charge in [-0.15, -0.1) is 0 Å². The van der Waals surface area contributed by atoms with Gasteiger partial charge in [-0.25, -0.2) is 0 Å². The highest BCUT2D eigenvalue weighted by Crippen LogP contribution is 2.45. The van der Waals surface area contributed by atoms with Crippen LogP contribution in [0.15, 0.2) is 28.8 Å². The molecule has 3 atom stereocenters. The Morgan fingerprint density at radius 3 is 2.63 bits per heavy atom. The number of benzene rings is 1. The van der Waals surface area contributed by atoms with E-state index in [9.17, 15) is 9.90 Å². The molecular weight excluding hydrogens is 516 g/mol. The number of rotatable bonds is 8. The minimum atomic E-state index is -0.738. The molecule has 1 amide bonds. The summed E-state index contributed by atoms with van der Waals surface area (Å²) in [6, 6.07) is 7.53. The van der Waals surface area contributed by atoms with Gasteiger partial charge in [-0.05, 0) is 60.8 Å². The van der Waals surface area contributed by atoms with Gasteiger partial charge in [0, 0.05) is 43.9 Å². The first-order chi connectivity index (χ1) is 19.6. The second-order valence-corrected chi connectivity index (χ2v) is 13.7. The standard InChI is InChI=1S/C33H52N4O4/c1-23-11-9-7-6-8-10-14-34-26-17-24(22-40-5)16-25(18-26)31(39)36-28(15-23)29(38)21-35-33(12-13-33)30-19-27(41-37-30)20-32(2,3)4/h16-19,23,28-29,34-35,38H,6-15,20-22H2,1-5H3,(H,36,39)/t23-,28+,29-/m1/s1. The average molecular weight is 569 g/mol. The Morgan fingerprint density at radius 1 is 1.15 bits per heavy atom. The highest BCUT2D eigenvalue weighted by atomic mass is 16.5. The highest BCUT2D eigenvalue weighted by molar-refractivity contribution is 5.95. The second-order valence-electron chi connectivity index (χ2n) is 13.7.